The molecule has 0 saturated carbocycles. The van der Waals surface area contributed by atoms with Gasteiger partial charge in [-0.3, -0.25) is 4.90 Å². The first kappa shape index (κ1) is 21.7. The molecule has 4 rings (SSSR count). The average Bonchev–Trinajstić information content (AvgIpc) is 2.81. The van der Waals surface area contributed by atoms with Gasteiger partial charge < -0.3 is 14.7 Å². The third kappa shape index (κ3) is 5.59. The quantitative estimate of drug-likeness (QED) is 0.572. The average molecular weight is 437 g/mol. The van der Waals surface area contributed by atoms with E-state index in [1.807, 2.05) is 54.6 Å². The largest absolute Gasteiger partial charge is 0.491 e. The van der Waals surface area contributed by atoms with Crippen molar-refractivity contribution in [1.82, 2.24) is 4.90 Å². The molecule has 4 nitrogen and oxygen atoms in total. The molecule has 1 heterocycles. The Balaban J connectivity index is 1.23. The van der Waals surface area contributed by atoms with Gasteiger partial charge in [0.2, 0.25) is 0 Å². The maximum Gasteiger partial charge on any atom is 0.119 e. The van der Waals surface area contributed by atoms with E-state index in [1.54, 1.807) is 0 Å². The number of benzene rings is 3. The molecule has 0 amide bonds. The molecule has 0 spiro atoms. The van der Waals surface area contributed by atoms with E-state index in [0.29, 0.717) is 6.54 Å². The zero-order valence-corrected chi connectivity index (χ0v) is 18.6. The molecule has 162 valence electrons. The van der Waals surface area contributed by atoms with Crippen LogP contribution >= 0.6 is 11.6 Å². The molecule has 1 fully saturated rings. The monoisotopic (exact) mass is 436 g/mol. The van der Waals surface area contributed by atoms with Crippen LogP contribution in [-0.2, 0) is 0 Å². The van der Waals surface area contributed by atoms with Crippen LogP contribution in [0.4, 0.5) is 5.69 Å². The number of β-amino-alcohol motifs (C(OH)–C–C–N with tert-alkyl or cyclic N) is 1. The summed E-state index contributed by atoms with van der Waals surface area (Å²) in [6.45, 7) is 6.65. The molecule has 1 atom stereocenters. The highest BCUT2D eigenvalue weighted by Gasteiger charge is 2.21. The van der Waals surface area contributed by atoms with E-state index in [2.05, 4.69) is 34.9 Å². The Bertz CT molecular complexity index is 970. The number of nitrogens with zero attached hydrogens (tertiary/aromatic N) is 2. The molecule has 0 bridgehead atoms. The summed E-state index contributed by atoms with van der Waals surface area (Å²) in [7, 11) is 0. The molecule has 0 aliphatic carbocycles. The van der Waals surface area contributed by atoms with Gasteiger partial charge in [-0.2, -0.15) is 0 Å². The molecule has 3 aromatic carbocycles. The lowest BCUT2D eigenvalue weighted by Gasteiger charge is -2.37. The summed E-state index contributed by atoms with van der Waals surface area (Å²) in [5.74, 6) is 0.778. The molecule has 1 aliphatic rings. The third-order valence-electron chi connectivity index (χ3n) is 5.82. The molecule has 31 heavy (non-hydrogen) atoms. The van der Waals surface area contributed by atoms with Crippen molar-refractivity contribution in [2.45, 2.75) is 13.0 Å². The first-order chi connectivity index (χ1) is 15.1. The van der Waals surface area contributed by atoms with Crippen LogP contribution in [0.15, 0.2) is 72.8 Å². The van der Waals surface area contributed by atoms with Crippen molar-refractivity contribution >= 4 is 17.3 Å². The molecule has 3 aromatic rings. The van der Waals surface area contributed by atoms with Crippen molar-refractivity contribution in [1.29, 1.82) is 0 Å². The minimum atomic E-state index is -0.520. The molecule has 1 N–H and O–H groups in total. The Hall–Kier alpha value is -2.53. The molecule has 5 heteroatoms. The fourth-order valence-electron chi connectivity index (χ4n) is 4.03. The molecule has 1 unspecified atom stereocenters. The molecule has 0 radical (unpaired) electrons. The lowest BCUT2D eigenvalue weighted by Crippen LogP contribution is -2.49. The highest BCUT2D eigenvalue weighted by atomic mass is 35.5. The number of piperazine rings is 1. The van der Waals surface area contributed by atoms with Gasteiger partial charge in [0, 0.05) is 43.4 Å². The van der Waals surface area contributed by atoms with Crippen LogP contribution in [0.25, 0.3) is 11.1 Å². The summed E-state index contributed by atoms with van der Waals surface area (Å²) >= 11 is 6.27. The SMILES string of the molecule is Cc1c(Cl)cccc1N1CCN(CC(O)COc2ccc(-c3ccccc3)cc2)CC1. The zero-order valence-electron chi connectivity index (χ0n) is 17.9. The van der Waals surface area contributed by atoms with E-state index in [4.69, 9.17) is 16.3 Å². The van der Waals surface area contributed by atoms with Gasteiger partial charge in [-0.1, -0.05) is 60.1 Å². The number of halogens is 1. The number of aliphatic hydroxyl groups excluding tert-OH is 1. The van der Waals surface area contributed by atoms with Gasteiger partial charge in [-0.25, -0.2) is 0 Å². The smallest absolute Gasteiger partial charge is 0.119 e. The zero-order chi connectivity index (χ0) is 21.6. The Morgan fingerprint density at radius 3 is 2.26 bits per heavy atom. The summed E-state index contributed by atoms with van der Waals surface area (Å²) < 4.78 is 5.82. The topological polar surface area (TPSA) is 35.9 Å². The van der Waals surface area contributed by atoms with Crippen LogP contribution < -0.4 is 9.64 Å². The van der Waals surface area contributed by atoms with Gasteiger partial charge in [-0.05, 0) is 47.9 Å². The highest BCUT2D eigenvalue weighted by molar-refractivity contribution is 6.31. The van der Waals surface area contributed by atoms with Gasteiger partial charge in [0.15, 0.2) is 0 Å². The number of hydrogen-bond acceptors (Lipinski definition) is 4. The lowest BCUT2D eigenvalue weighted by molar-refractivity contribution is 0.0663. The van der Waals surface area contributed by atoms with Gasteiger partial charge >= 0.3 is 0 Å². The van der Waals surface area contributed by atoms with Crippen LogP contribution in [0.5, 0.6) is 5.75 Å². The number of aliphatic hydroxyl groups is 1. The second-order valence-electron chi connectivity index (χ2n) is 8.03. The maximum atomic E-state index is 10.5. The normalized spacial score (nSPS) is 15.6. The highest BCUT2D eigenvalue weighted by Crippen LogP contribution is 2.27. The van der Waals surface area contributed by atoms with Crippen molar-refractivity contribution in [3.8, 4) is 16.9 Å². The fourth-order valence-corrected chi connectivity index (χ4v) is 4.20. The predicted molar refractivity (Wildman–Crippen MR) is 128 cm³/mol. The standard InChI is InChI=1S/C26H29ClN2O2/c1-20-25(27)8-5-9-26(20)29-16-14-28(15-17-29)18-23(30)19-31-24-12-10-22(11-13-24)21-6-3-2-4-7-21/h2-13,23,30H,14-19H2,1H3. The van der Waals surface area contributed by atoms with Gasteiger partial charge in [0.1, 0.15) is 18.5 Å². The van der Waals surface area contributed by atoms with E-state index < -0.39 is 6.10 Å². The Morgan fingerprint density at radius 1 is 0.871 bits per heavy atom. The Labute approximate surface area is 189 Å². The van der Waals surface area contributed by atoms with Gasteiger partial charge in [-0.15, -0.1) is 0 Å². The minimum absolute atomic E-state index is 0.290. The van der Waals surface area contributed by atoms with E-state index in [0.717, 1.165) is 48.1 Å². The predicted octanol–water partition coefficient (Wildman–Crippen LogP) is 4.88. The van der Waals surface area contributed by atoms with E-state index in [1.165, 1.54) is 11.3 Å². The van der Waals surface area contributed by atoms with Gasteiger partial charge in [0.25, 0.3) is 0 Å². The molecule has 0 aromatic heterocycles. The maximum absolute atomic E-state index is 10.5. The van der Waals surface area contributed by atoms with E-state index >= 15 is 0 Å². The van der Waals surface area contributed by atoms with E-state index in [9.17, 15) is 5.11 Å². The molecule has 1 saturated heterocycles. The summed E-state index contributed by atoms with van der Waals surface area (Å²) in [5, 5.41) is 11.3. The molecular weight excluding hydrogens is 408 g/mol. The molecular formula is C26H29ClN2O2. The van der Waals surface area contributed by atoms with Crippen molar-refractivity contribution in [3.63, 3.8) is 0 Å². The van der Waals surface area contributed by atoms with Crippen LogP contribution in [0, 0.1) is 6.92 Å². The second kappa shape index (κ2) is 10.2. The Kier molecular flexibility index (Phi) is 7.13. The number of ether oxygens (including phenoxy) is 1. The van der Waals surface area contributed by atoms with Crippen LogP contribution in [0.3, 0.4) is 0 Å². The molecule has 1 aliphatic heterocycles. The number of anilines is 1. The Morgan fingerprint density at radius 2 is 1.55 bits per heavy atom. The van der Waals surface area contributed by atoms with Crippen LogP contribution in [0.2, 0.25) is 5.02 Å². The van der Waals surface area contributed by atoms with Crippen molar-refractivity contribution in [2.24, 2.45) is 0 Å². The first-order valence-electron chi connectivity index (χ1n) is 10.8. The van der Waals surface area contributed by atoms with E-state index in [-0.39, 0.29) is 6.61 Å². The summed E-state index contributed by atoms with van der Waals surface area (Å²) in [6, 6.07) is 24.3. The van der Waals surface area contributed by atoms with Crippen molar-refractivity contribution in [2.75, 3.05) is 44.2 Å². The summed E-state index contributed by atoms with van der Waals surface area (Å²) in [4.78, 5) is 4.66. The number of hydrogen-bond donors (Lipinski definition) is 1. The lowest BCUT2D eigenvalue weighted by atomic mass is 10.1. The first-order valence-corrected chi connectivity index (χ1v) is 11.2. The van der Waals surface area contributed by atoms with Crippen LogP contribution in [0.1, 0.15) is 5.56 Å². The number of rotatable bonds is 7. The van der Waals surface area contributed by atoms with Crippen LogP contribution in [-0.4, -0.2) is 55.4 Å². The third-order valence-corrected chi connectivity index (χ3v) is 6.23. The summed E-state index contributed by atoms with van der Waals surface area (Å²) in [6.07, 6.45) is -0.520. The van der Waals surface area contributed by atoms with Crippen molar-refractivity contribution < 1.29 is 9.84 Å². The van der Waals surface area contributed by atoms with Gasteiger partial charge in [0.05, 0.1) is 0 Å². The summed E-state index contributed by atoms with van der Waals surface area (Å²) in [5.41, 5.74) is 4.67. The second-order valence-corrected chi connectivity index (χ2v) is 8.43. The fraction of sp³-hybridized carbons (Fsp3) is 0.308. The minimum Gasteiger partial charge on any atom is -0.491 e. The van der Waals surface area contributed by atoms with Crippen molar-refractivity contribution in [3.05, 3.63) is 83.4 Å².